The first-order valence-corrected chi connectivity index (χ1v) is 9.50. The number of amides is 1. The van der Waals surface area contributed by atoms with Crippen molar-refractivity contribution in [3.05, 3.63) is 22.4 Å². The molecule has 1 N–H and O–H groups in total. The summed E-state index contributed by atoms with van der Waals surface area (Å²) >= 11 is 1.60. The molecule has 2 aliphatic heterocycles. The fourth-order valence-electron chi connectivity index (χ4n) is 3.75. The number of carbonyl (C=O) groups is 2. The summed E-state index contributed by atoms with van der Waals surface area (Å²) in [4.78, 5) is 25.9. The predicted octanol–water partition coefficient (Wildman–Crippen LogP) is 3.47. The monoisotopic (exact) mass is 392 g/mol. The van der Waals surface area contributed by atoms with Gasteiger partial charge in [0.15, 0.2) is 0 Å². The van der Waals surface area contributed by atoms with Crippen LogP contribution in [0.3, 0.4) is 0 Å². The second kappa shape index (κ2) is 8.39. The molecule has 2 aliphatic rings. The van der Waals surface area contributed by atoms with E-state index < -0.39 is 12.1 Å². The second-order valence-corrected chi connectivity index (χ2v) is 7.29. The molecule has 9 heteroatoms. The molecule has 0 aromatic carbocycles. The maximum Gasteiger partial charge on any atom is 0.490 e. The van der Waals surface area contributed by atoms with Gasteiger partial charge in [0, 0.05) is 24.0 Å². The summed E-state index contributed by atoms with van der Waals surface area (Å²) in [5.41, 5.74) is 1.26. The van der Waals surface area contributed by atoms with Crippen molar-refractivity contribution in [3.63, 3.8) is 0 Å². The van der Waals surface area contributed by atoms with Gasteiger partial charge < -0.3 is 10.0 Å². The summed E-state index contributed by atoms with van der Waals surface area (Å²) in [6, 6.07) is 1.94. The van der Waals surface area contributed by atoms with Crippen LogP contribution in [-0.2, 0) is 4.79 Å². The molecule has 2 fully saturated rings. The van der Waals surface area contributed by atoms with E-state index in [2.05, 4.69) is 11.8 Å². The minimum Gasteiger partial charge on any atom is -0.475 e. The number of carboxylic acid groups (broad SMARTS) is 1. The summed E-state index contributed by atoms with van der Waals surface area (Å²) in [5, 5.41) is 11.1. The van der Waals surface area contributed by atoms with E-state index in [4.69, 9.17) is 9.90 Å². The average Bonchev–Trinajstić information content (AvgIpc) is 3.25. The Kier molecular flexibility index (Phi) is 6.68. The van der Waals surface area contributed by atoms with Gasteiger partial charge in [-0.15, -0.1) is 0 Å². The minimum atomic E-state index is -5.08. The van der Waals surface area contributed by atoms with Crippen LogP contribution in [0.4, 0.5) is 13.2 Å². The van der Waals surface area contributed by atoms with Crippen LogP contribution >= 0.6 is 11.3 Å². The highest BCUT2D eigenvalue weighted by Crippen LogP contribution is 2.38. The summed E-state index contributed by atoms with van der Waals surface area (Å²) in [7, 11) is 0. The van der Waals surface area contributed by atoms with E-state index in [1.54, 1.807) is 11.3 Å². The molecule has 1 spiro atoms. The van der Waals surface area contributed by atoms with Gasteiger partial charge in [0.2, 0.25) is 0 Å². The lowest BCUT2D eigenvalue weighted by Crippen LogP contribution is -2.53. The van der Waals surface area contributed by atoms with Crippen LogP contribution in [0.2, 0.25) is 0 Å². The predicted molar refractivity (Wildman–Crippen MR) is 92.4 cm³/mol. The number of alkyl halides is 3. The number of aliphatic carboxylic acids is 1. The molecule has 5 nitrogen and oxygen atoms in total. The van der Waals surface area contributed by atoms with E-state index in [9.17, 15) is 18.0 Å². The number of nitrogens with zero attached hydrogens (tertiary/aromatic N) is 2. The summed E-state index contributed by atoms with van der Waals surface area (Å²) < 4.78 is 31.7. The molecule has 0 aliphatic carbocycles. The van der Waals surface area contributed by atoms with Gasteiger partial charge >= 0.3 is 12.1 Å². The van der Waals surface area contributed by atoms with Crippen LogP contribution in [0.1, 0.15) is 43.0 Å². The van der Waals surface area contributed by atoms with Gasteiger partial charge in [0.05, 0.1) is 5.56 Å². The van der Waals surface area contributed by atoms with Crippen molar-refractivity contribution in [2.75, 3.05) is 26.2 Å². The molecule has 2 saturated heterocycles. The van der Waals surface area contributed by atoms with E-state index >= 15 is 0 Å². The number of thiophene rings is 1. The molecule has 26 heavy (non-hydrogen) atoms. The topological polar surface area (TPSA) is 60.9 Å². The van der Waals surface area contributed by atoms with Gasteiger partial charge in [-0.05, 0) is 50.2 Å². The Morgan fingerprint density at radius 1 is 1.23 bits per heavy atom. The number of carboxylic acids is 1. The standard InChI is InChI=1S/C15H22N2OS.C2HF3O2/c1-2-17-8-3-5-15(17)6-9-16(10-7-15)14(18)13-4-11-19-12-13;3-2(4,5)1(6)7/h4,11-12H,2-3,5-10H2,1H3;(H,6,7). The van der Waals surface area contributed by atoms with E-state index in [1.165, 1.54) is 19.4 Å². The molecular formula is C17H23F3N2O3S. The third-order valence-corrected chi connectivity index (χ3v) is 5.80. The number of likely N-dealkylation sites (tertiary alicyclic amines) is 2. The smallest absolute Gasteiger partial charge is 0.475 e. The van der Waals surface area contributed by atoms with E-state index in [-0.39, 0.29) is 5.91 Å². The molecule has 0 bridgehead atoms. The Hall–Kier alpha value is -1.61. The van der Waals surface area contributed by atoms with Crippen LogP contribution in [0, 0.1) is 0 Å². The van der Waals surface area contributed by atoms with E-state index in [0.29, 0.717) is 5.54 Å². The molecule has 1 aromatic heterocycles. The molecular weight excluding hydrogens is 369 g/mol. The Balaban J connectivity index is 0.000000298. The number of piperidine rings is 1. The van der Waals surface area contributed by atoms with Crippen molar-refractivity contribution < 1.29 is 27.9 Å². The van der Waals surface area contributed by atoms with Crippen molar-refractivity contribution in [1.82, 2.24) is 9.80 Å². The van der Waals surface area contributed by atoms with E-state index in [0.717, 1.165) is 38.0 Å². The lowest BCUT2D eigenvalue weighted by molar-refractivity contribution is -0.192. The quantitative estimate of drug-likeness (QED) is 0.837. The normalized spacial score (nSPS) is 19.9. The average molecular weight is 392 g/mol. The molecule has 3 rings (SSSR count). The minimum absolute atomic E-state index is 0.220. The van der Waals surface area contributed by atoms with Gasteiger partial charge in [0.1, 0.15) is 0 Å². The summed E-state index contributed by atoms with van der Waals surface area (Å²) in [6.07, 6.45) is -0.138. The zero-order valence-corrected chi connectivity index (χ0v) is 15.4. The van der Waals surface area contributed by atoms with Gasteiger partial charge in [-0.2, -0.15) is 24.5 Å². The van der Waals surface area contributed by atoms with Crippen LogP contribution in [0.25, 0.3) is 0 Å². The lowest BCUT2D eigenvalue weighted by atomic mass is 9.85. The van der Waals surface area contributed by atoms with Crippen LogP contribution < -0.4 is 0 Å². The first kappa shape index (κ1) is 20.7. The van der Waals surface area contributed by atoms with Crippen LogP contribution in [0.15, 0.2) is 16.8 Å². The fraction of sp³-hybridized carbons (Fsp3) is 0.647. The second-order valence-electron chi connectivity index (χ2n) is 6.51. The number of hydrogen-bond acceptors (Lipinski definition) is 4. The molecule has 3 heterocycles. The van der Waals surface area contributed by atoms with Crippen molar-refractivity contribution in [1.29, 1.82) is 0 Å². The number of carbonyl (C=O) groups excluding carboxylic acids is 1. The first-order chi connectivity index (χ1) is 12.2. The lowest BCUT2D eigenvalue weighted by Gasteiger charge is -2.44. The zero-order chi connectivity index (χ0) is 19.4. The largest absolute Gasteiger partial charge is 0.490 e. The summed E-state index contributed by atoms with van der Waals surface area (Å²) in [5.74, 6) is -2.54. The highest BCUT2D eigenvalue weighted by Gasteiger charge is 2.43. The Bertz CT molecular complexity index is 611. The van der Waals surface area contributed by atoms with Crippen LogP contribution in [-0.4, -0.2) is 64.7 Å². The third kappa shape index (κ3) is 4.76. The molecule has 0 unspecified atom stereocenters. The van der Waals surface area contributed by atoms with Crippen molar-refractivity contribution in [2.24, 2.45) is 0 Å². The molecule has 146 valence electrons. The Morgan fingerprint density at radius 3 is 2.31 bits per heavy atom. The summed E-state index contributed by atoms with van der Waals surface area (Å²) in [6.45, 7) is 6.50. The Morgan fingerprint density at radius 2 is 1.85 bits per heavy atom. The van der Waals surface area contributed by atoms with Gasteiger partial charge in [0.25, 0.3) is 5.91 Å². The third-order valence-electron chi connectivity index (χ3n) is 5.11. The van der Waals surface area contributed by atoms with Crippen LogP contribution in [0.5, 0.6) is 0 Å². The van der Waals surface area contributed by atoms with Crippen molar-refractivity contribution in [3.8, 4) is 0 Å². The SMILES string of the molecule is CCN1CCCC12CCN(C(=O)c1ccsc1)CC2.O=C(O)C(F)(F)F. The molecule has 1 aromatic rings. The fourth-order valence-corrected chi connectivity index (χ4v) is 4.38. The maximum absolute atomic E-state index is 12.3. The Labute approximate surface area is 154 Å². The van der Waals surface area contributed by atoms with E-state index in [1.807, 2.05) is 21.7 Å². The molecule has 0 atom stereocenters. The first-order valence-electron chi connectivity index (χ1n) is 8.56. The molecule has 0 saturated carbocycles. The number of rotatable bonds is 2. The van der Waals surface area contributed by atoms with Gasteiger partial charge in [-0.1, -0.05) is 6.92 Å². The highest BCUT2D eigenvalue weighted by atomic mass is 32.1. The maximum atomic E-state index is 12.3. The van der Waals surface area contributed by atoms with Crippen molar-refractivity contribution in [2.45, 2.75) is 44.3 Å². The van der Waals surface area contributed by atoms with Gasteiger partial charge in [-0.25, -0.2) is 4.79 Å². The zero-order valence-electron chi connectivity index (χ0n) is 14.6. The van der Waals surface area contributed by atoms with Gasteiger partial charge in [-0.3, -0.25) is 9.69 Å². The number of halogens is 3. The van der Waals surface area contributed by atoms with Crippen molar-refractivity contribution >= 4 is 23.2 Å². The highest BCUT2D eigenvalue weighted by molar-refractivity contribution is 7.08. The molecule has 1 amide bonds. The molecule has 0 radical (unpaired) electrons. The number of hydrogen-bond donors (Lipinski definition) is 1.